The molecule has 13 heteroatoms. The summed E-state index contributed by atoms with van der Waals surface area (Å²) < 4.78 is 0. The molecule has 0 rings (SSSR count). The lowest BCUT2D eigenvalue weighted by molar-refractivity contribution is -0.142. The Balaban J connectivity index is 5.61. The quantitative estimate of drug-likeness (QED) is 0.0560. The van der Waals surface area contributed by atoms with Crippen molar-refractivity contribution in [3.63, 3.8) is 0 Å². The fourth-order valence-corrected chi connectivity index (χ4v) is 3.20. The first-order valence-corrected chi connectivity index (χ1v) is 12.1. The Morgan fingerprint density at radius 3 is 1.94 bits per heavy atom. The van der Waals surface area contributed by atoms with E-state index in [2.05, 4.69) is 33.6 Å². The van der Waals surface area contributed by atoms with E-state index >= 15 is 0 Å². The summed E-state index contributed by atoms with van der Waals surface area (Å²) >= 11 is 3.95. The lowest BCUT2D eigenvalue weighted by Crippen LogP contribution is -2.59. The highest BCUT2D eigenvalue weighted by Crippen LogP contribution is 2.11. The first-order chi connectivity index (χ1) is 15.9. The second-order valence-electron chi connectivity index (χ2n) is 8.38. The molecule has 34 heavy (non-hydrogen) atoms. The summed E-state index contributed by atoms with van der Waals surface area (Å²) in [6, 6.07) is -4.02. The Kier molecular flexibility index (Phi) is 14.9. The molecule has 0 spiro atoms. The van der Waals surface area contributed by atoms with Crippen LogP contribution >= 0.6 is 12.6 Å². The molecule has 0 bridgehead atoms. The summed E-state index contributed by atoms with van der Waals surface area (Å²) in [4.78, 5) is 53.7. The van der Waals surface area contributed by atoms with E-state index in [0.717, 1.165) is 0 Å². The molecule has 6 atom stereocenters. The van der Waals surface area contributed by atoms with Gasteiger partial charge in [0.05, 0.1) is 6.04 Å². The molecule has 0 radical (unpaired) electrons. The average molecular weight is 504 g/mol. The Hall–Kier alpha value is -2.54. The van der Waals surface area contributed by atoms with Gasteiger partial charge in [0.25, 0.3) is 0 Å². The molecule has 0 aliphatic carbocycles. The van der Waals surface area contributed by atoms with Gasteiger partial charge < -0.3 is 38.3 Å². The van der Waals surface area contributed by atoms with Gasteiger partial charge in [-0.2, -0.15) is 12.6 Å². The first kappa shape index (κ1) is 31.5. The first-order valence-electron chi connectivity index (χ1n) is 11.4. The van der Waals surface area contributed by atoms with Crippen LogP contribution in [0.4, 0.5) is 0 Å². The second kappa shape index (κ2) is 16.1. The SMILES string of the molecule is CCC(C)C(N)C(=O)NC(CCCN=C(N)N)C(=O)NC(C(=O)NC(CS)C(=O)O)C(C)CC. The zero-order chi connectivity index (χ0) is 26.4. The molecule has 0 aliphatic rings. The van der Waals surface area contributed by atoms with Crippen molar-refractivity contribution in [2.24, 2.45) is 34.0 Å². The number of carboxylic acids is 1. The monoisotopic (exact) mass is 503 g/mol. The molecule has 0 saturated carbocycles. The van der Waals surface area contributed by atoms with Gasteiger partial charge >= 0.3 is 5.97 Å². The van der Waals surface area contributed by atoms with Gasteiger partial charge in [0, 0.05) is 12.3 Å². The summed E-state index contributed by atoms with van der Waals surface area (Å²) in [6.07, 6.45) is 1.81. The van der Waals surface area contributed by atoms with Gasteiger partial charge in [-0.25, -0.2) is 4.79 Å². The van der Waals surface area contributed by atoms with Crippen LogP contribution < -0.4 is 33.2 Å². The Morgan fingerprint density at radius 1 is 0.912 bits per heavy atom. The molecule has 196 valence electrons. The number of carboxylic acid groups (broad SMARTS) is 1. The number of aliphatic imine (C=N–C) groups is 1. The van der Waals surface area contributed by atoms with E-state index in [0.29, 0.717) is 19.3 Å². The minimum Gasteiger partial charge on any atom is -0.480 e. The Bertz CT molecular complexity index is 718. The highest BCUT2D eigenvalue weighted by molar-refractivity contribution is 7.80. The molecule has 0 saturated heterocycles. The number of hydrogen-bond acceptors (Lipinski definition) is 7. The van der Waals surface area contributed by atoms with E-state index in [4.69, 9.17) is 17.2 Å². The third-order valence-electron chi connectivity index (χ3n) is 5.73. The maximum absolute atomic E-state index is 13.1. The lowest BCUT2D eigenvalue weighted by Gasteiger charge is -2.28. The number of carbonyl (C=O) groups excluding carboxylic acids is 3. The van der Waals surface area contributed by atoms with E-state index in [1.54, 1.807) is 6.92 Å². The number of hydrogen-bond donors (Lipinski definition) is 8. The molecule has 0 fully saturated rings. The largest absolute Gasteiger partial charge is 0.480 e. The summed E-state index contributed by atoms with van der Waals surface area (Å²) in [5.41, 5.74) is 16.7. The van der Waals surface area contributed by atoms with Crippen molar-refractivity contribution in [2.75, 3.05) is 12.3 Å². The van der Waals surface area contributed by atoms with Crippen molar-refractivity contribution >= 4 is 42.3 Å². The Labute approximate surface area is 206 Å². The van der Waals surface area contributed by atoms with Gasteiger partial charge in [-0.15, -0.1) is 0 Å². The standard InChI is InChI=1S/C21H41N7O5S/c1-5-11(3)15(22)18(30)26-13(8-7-9-25-21(23)24)17(29)28-16(12(4)6-2)19(31)27-14(10-34)20(32)33/h11-16,34H,5-10,22H2,1-4H3,(H,26,30)(H,27,31)(H,28,29)(H,32,33)(H4,23,24,25). The van der Waals surface area contributed by atoms with Crippen LogP contribution in [-0.2, 0) is 19.2 Å². The van der Waals surface area contributed by atoms with E-state index in [9.17, 15) is 24.3 Å². The molecule has 12 nitrogen and oxygen atoms in total. The highest BCUT2D eigenvalue weighted by Gasteiger charge is 2.32. The van der Waals surface area contributed by atoms with Gasteiger partial charge in [0.2, 0.25) is 17.7 Å². The molecular weight excluding hydrogens is 462 g/mol. The third kappa shape index (κ3) is 11.1. The molecule has 6 unspecified atom stereocenters. The normalized spacial score (nSPS) is 16.2. The smallest absolute Gasteiger partial charge is 0.327 e. The summed E-state index contributed by atoms with van der Waals surface area (Å²) in [5.74, 6) is -3.56. The van der Waals surface area contributed by atoms with E-state index in [1.165, 1.54) is 0 Å². The number of aliphatic carboxylic acids is 1. The lowest BCUT2D eigenvalue weighted by atomic mass is 9.96. The number of guanidine groups is 1. The molecule has 0 aromatic rings. The van der Waals surface area contributed by atoms with E-state index in [1.807, 2.05) is 20.8 Å². The van der Waals surface area contributed by atoms with Crippen molar-refractivity contribution in [1.82, 2.24) is 16.0 Å². The number of nitrogens with two attached hydrogens (primary N) is 3. The van der Waals surface area contributed by atoms with Gasteiger partial charge in [0.1, 0.15) is 18.1 Å². The fraction of sp³-hybridized carbons (Fsp3) is 0.762. The minimum absolute atomic E-state index is 0.0884. The van der Waals surface area contributed by atoms with Crippen LogP contribution in [-0.4, -0.2) is 71.2 Å². The van der Waals surface area contributed by atoms with Gasteiger partial charge in [-0.3, -0.25) is 19.4 Å². The number of rotatable bonds is 16. The predicted molar refractivity (Wildman–Crippen MR) is 134 cm³/mol. The highest BCUT2D eigenvalue weighted by atomic mass is 32.1. The molecule has 0 heterocycles. The number of nitrogens with one attached hydrogen (secondary N) is 3. The van der Waals surface area contributed by atoms with Gasteiger partial charge in [-0.1, -0.05) is 40.5 Å². The summed E-state index contributed by atoms with van der Waals surface area (Å²) in [5, 5.41) is 16.9. The van der Waals surface area contributed by atoms with E-state index in [-0.39, 0.29) is 36.5 Å². The maximum Gasteiger partial charge on any atom is 0.327 e. The third-order valence-corrected chi connectivity index (χ3v) is 6.09. The average Bonchev–Trinajstić information content (AvgIpc) is 2.80. The molecule has 0 aromatic carbocycles. The summed E-state index contributed by atoms with van der Waals surface area (Å²) in [6.45, 7) is 7.58. The van der Waals surface area contributed by atoms with Crippen molar-refractivity contribution < 1.29 is 24.3 Å². The van der Waals surface area contributed by atoms with Crippen molar-refractivity contribution in [3.05, 3.63) is 0 Å². The van der Waals surface area contributed by atoms with Crippen LogP contribution in [0.2, 0.25) is 0 Å². The van der Waals surface area contributed by atoms with Crippen LogP contribution in [0.5, 0.6) is 0 Å². The topological polar surface area (TPSA) is 215 Å². The molecule has 0 aliphatic heterocycles. The minimum atomic E-state index is -1.23. The zero-order valence-corrected chi connectivity index (χ0v) is 21.3. The number of thiol groups is 1. The molecule has 3 amide bonds. The molecular formula is C21H41N7O5S. The molecule has 10 N–H and O–H groups in total. The molecule has 0 aromatic heterocycles. The second-order valence-corrected chi connectivity index (χ2v) is 8.74. The van der Waals surface area contributed by atoms with Crippen LogP contribution in [0.1, 0.15) is 53.4 Å². The van der Waals surface area contributed by atoms with Crippen LogP contribution in [0.15, 0.2) is 4.99 Å². The van der Waals surface area contributed by atoms with Crippen molar-refractivity contribution in [1.29, 1.82) is 0 Å². The summed E-state index contributed by atoms with van der Waals surface area (Å²) in [7, 11) is 0. The van der Waals surface area contributed by atoms with Crippen LogP contribution in [0.25, 0.3) is 0 Å². The maximum atomic E-state index is 13.1. The van der Waals surface area contributed by atoms with Gasteiger partial charge in [0.15, 0.2) is 5.96 Å². The van der Waals surface area contributed by atoms with E-state index < -0.39 is 47.9 Å². The van der Waals surface area contributed by atoms with Crippen LogP contribution in [0, 0.1) is 11.8 Å². The zero-order valence-electron chi connectivity index (χ0n) is 20.4. The van der Waals surface area contributed by atoms with Crippen molar-refractivity contribution in [2.45, 2.75) is 77.5 Å². The van der Waals surface area contributed by atoms with Crippen molar-refractivity contribution in [3.8, 4) is 0 Å². The number of nitrogens with zero attached hydrogens (tertiary/aromatic N) is 1. The Morgan fingerprint density at radius 2 is 1.47 bits per heavy atom. The number of carbonyl (C=O) groups is 4. The number of amides is 3. The van der Waals surface area contributed by atoms with Crippen LogP contribution in [0.3, 0.4) is 0 Å². The predicted octanol–water partition coefficient (Wildman–Crippen LogP) is -1.07. The fourth-order valence-electron chi connectivity index (χ4n) is 2.96. The van der Waals surface area contributed by atoms with Gasteiger partial charge in [-0.05, 0) is 24.7 Å².